The zero-order valence-electron chi connectivity index (χ0n) is 10.6. The van der Waals surface area contributed by atoms with E-state index in [9.17, 15) is 0 Å². The summed E-state index contributed by atoms with van der Waals surface area (Å²) in [5, 5.41) is 0. The lowest BCUT2D eigenvalue weighted by Crippen LogP contribution is -1.95. The molecule has 0 atom stereocenters. The molecule has 0 radical (unpaired) electrons. The van der Waals surface area contributed by atoms with Crippen LogP contribution in [0.1, 0.15) is 0 Å². The third-order valence-corrected chi connectivity index (χ3v) is 2.68. The van der Waals surface area contributed by atoms with E-state index in [1.807, 2.05) is 24.3 Å². The number of benzene rings is 1. The highest BCUT2D eigenvalue weighted by molar-refractivity contribution is 5.70. The fourth-order valence-electron chi connectivity index (χ4n) is 1.79. The monoisotopic (exact) mass is 245 g/mol. The van der Waals surface area contributed by atoms with E-state index >= 15 is 0 Å². The first-order chi connectivity index (χ1) is 8.80. The molecule has 4 nitrogen and oxygen atoms in total. The van der Waals surface area contributed by atoms with Gasteiger partial charge in [0, 0.05) is 12.4 Å². The molecule has 0 fully saturated rings. The van der Waals surface area contributed by atoms with Crippen molar-refractivity contribution in [3.63, 3.8) is 0 Å². The standard InChI is InChI=1S/C14H15NO3/c1-16-12-8-11(10-4-6-15-7-5-10)9-13(17-2)14(12)18-3/h4-9H,1-3H3. The molecule has 1 aromatic carbocycles. The zero-order chi connectivity index (χ0) is 13.0. The maximum Gasteiger partial charge on any atom is 0.203 e. The SMILES string of the molecule is COc1cc(-c2ccncc2)cc(OC)c1OC. The number of rotatable bonds is 4. The third kappa shape index (κ3) is 2.22. The van der Waals surface area contributed by atoms with Crippen molar-refractivity contribution in [2.75, 3.05) is 21.3 Å². The Kier molecular flexibility index (Phi) is 3.67. The Balaban J connectivity index is 2.57. The lowest BCUT2D eigenvalue weighted by Gasteiger charge is -2.14. The quantitative estimate of drug-likeness (QED) is 0.830. The molecular formula is C14H15NO3. The lowest BCUT2D eigenvalue weighted by atomic mass is 10.1. The van der Waals surface area contributed by atoms with E-state index in [1.165, 1.54) is 0 Å². The highest BCUT2D eigenvalue weighted by atomic mass is 16.5. The van der Waals surface area contributed by atoms with Crippen LogP contribution in [0.25, 0.3) is 11.1 Å². The summed E-state index contributed by atoms with van der Waals surface area (Å²) in [7, 11) is 4.80. The van der Waals surface area contributed by atoms with Gasteiger partial charge in [0.05, 0.1) is 21.3 Å². The van der Waals surface area contributed by atoms with E-state index in [2.05, 4.69) is 4.98 Å². The number of hydrogen-bond donors (Lipinski definition) is 0. The minimum Gasteiger partial charge on any atom is -0.493 e. The zero-order valence-corrected chi connectivity index (χ0v) is 10.6. The van der Waals surface area contributed by atoms with Crippen LogP contribution in [0.3, 0.4) is 0 Å². The van der Waals surface area contributed by atoms with Gasteiger partial charge in [0.25, 0.3) is 0 Å². The Bertz CT molecular complexity index is 501. The topological polar surface area (TPSA) is 40.6 Å². The molecule has 0 bridgehead atoms. The molecule has 18 heavy (non-hydrogen) atoms. The molecule has 94 valence electrons. The molecule has 2 rings (SSSR count). The highest BCUT2D eigenvalue weighted by Gasteiger charge is 2.13. The van der Waals surface area contributed by atoms with Gasteiger partial charge in [-0.25, -0.2) is 0 Å². The molecule has 2 aromatic rings. The van der Waals surface area contributed by atoms with E-state index in [4.69, 9.17) is 14.2 Å². The average Bonchev–Trinajstić information content (AvgIpc) is 2.46. The van der Waals surface area contributed by atoms with Crippen molar-refractivity contribution in [2.24, 2.45) is 0 Å². The summed E-state index contributed by atoms with van der Waals surface area (Å²) in [6, 6.07) is 7.69. The summed E-state index contributed by atoms with van der Waals surface area (Å²) in [6.07, 6.45) is 3.50. The number of ether oxygens (including phenoxy) is 3. The van der Waals surface area contributed by atoms with Crippen LogP contribution < -0.4 is 14.2 Å². The van der Waals surface area contributed by atoms with Gasteiger partial charge in [0.2, 0.25) is 5.75 Å². The van der Waals surface area contributed by atoms with Crippen molar-refractivity contribution < 1.29 is 14.2 Å². The Hall–Kier alpha value is -2.23. The molecule has 0 amide bonds. The maximum atomic E-state index is 5.32. The first kappa shape index (κ1) is 12.2. The van der Waals surface area contributed by atoms with Crippen LogP contribution in [0.2, 0.25) is 0 Å². The van der Waals surface area contributed by atoms with Gasteiger partial charge in [-0.05, 0) is 35.4 Å². The van der Waals surface area contributed by atoms with Crippen molar-refractivity contribution in [2.45, 2.75) is 0 Å². The smallest absolute Gasteiger partial charge is 0.203 e. The molecule has 0 aliphatic heterocycles. The lowest BCUT2D eigenvalue weighted by molar-refractivity contribution is 0.324. The van der Waals surface area contributed by atoms with E-state index in [-0.39, 0.29) is 0 Å². The first-order valence-corrected chi connectivity index (χ1v) is 5.50. The van der Waals surface area contributed by atoms with Crippen LogP contribution >= 0.6 is 0 Å². The molecular weight excluding hydrogens is 230 g/mol. The predicted molar refractivity (Wildman–Crippen MR) is 69.3 cm³/mol. The number of aromatic nitrogens is 1. The molecule has 0 aliphatic rings. The second-order valence-electron chi connectivity index (χ2n) is 3.65. The van der Waals surface area contributed by atoms with Gasteiger partial charge in [-0.15, -0.1) is 0 Å². The molecule has 1 aromatic heterocycles. The predicted octanol–water partition coefficient (Wildman–Crippen LogP) is 2.77. The molecule has 0 saturated carbocycles. The second-order valence-corrected chi connectivity index (χ2v) is 3.65. The van der Waals surface area contributed by atoms with Gasteiger partial charge in [-0.1, -0.05) is 0 Å². The minimum atomic E-state index is 0.595. The van der Waals surface area contributed by atoms with Crippen LogP contribution in [-0.4, -0.2) is 26.3 Å². The molecule has 0 N–H and O–H groups in total. The van der Waals surface area contributed by atoms with Crippen LogP contribution in [0.5, 0.6) is 17.2 Å². The largest absolute Gasteiger partial charge is 0.493 e. The summed E-state index contributed by atoms with van der Waals surface area (Å²) in [6.45, 7) is 0. The van der Waals surface area contributed by atoms with Gasteiger partial charge in [-0.2, -0.15) is 0 Å². The van der Waals surface area contributed by atoms with Crippen LogP contribution in [0.15, 0.2) is 36.7 Å². The second kappa shape index (κ2) is 5.40. The van der Waals surface area contributed by atoms with Crippen LogP contribution in [0, 0.1) is 0 Å². The highest BCUT2D eigenvalue weighted by Crippen LogP contribution is 2.40. The van der Waals surface area contributed by atoms with Crippen molar-refractivity contribution in [3.8, 4) is 28.4 Å². The Morgan fingerprint density at radius 3 is 1.78 bits per heavy atom. The molecule has 0 spiro atoms. The van der Waals surface area contributed by atoms with Crippen LogP contribution in [-0.2, 0) is 0 Å². The Morgan fingerprint density at radius 1 is 0.778 bits per heavy atom. The number of methoxy groups -OCH3 is 3. The fourth-order valence-corrected chi connectivity index (χ4v) is 1.79. The number of pyridine rings is 1. The van der Waals surface area contributed by atoms with Gasteiger partial charge < -0.3 is 14.2 Å². The van der Waals surface area contributed by atoms with E-state index < -0.39 is 0 Å². The molecule has 4 heteroatoms. The van der Waals surface area contributed by atoms with Crippen molar-refractivity contribution in [1.82, 2.24) is 4.98 Å². The number of hydrogen-bond acceptors (Lipinski definition) is 4. The Labute approximate surface area is 106 Å². The molecule has 0 unspecified atom stereocenters. The average molecular weight is 245 g/mol. The van der Waals surface area contributed by atoms with Crippen LogP contribution in [0.4, 0.5) is 0 Å². The summed E-state index contributed by atoms with van der Waals surface area (Å²) >= 11 is 0. The maximum absolute atomic E-state index is 5.32. The summed E-state index contributed by atoms with van der Waals surface area (Å²) < 4.78 is 15.9. The van der Waals surface area contributed by atoms with Gasteiger partial charge in [0.1, 0.15) is 0 Å². The van der Waals surface area contributed by atoms with Crippen molar-refractivity contribution in [1.29, 1.82) is 0 Å². The van der Waals surface area contributed by atoms with E-state index in [0.717, 1.165) is 11.1 Å². The summed E-state index contributed by atoms with van der Waals surface area (Å²) in [5.41, 5.74) is 2.04. The Morgan fingerprint density at radius 2 is 1.33 bits per heavy atom. The molecule has 1 heterocycles. The van der Waals surface area contributed by atoms with E-state index in [1.54, 1.807) is 33.7 Å². The van der Waals surface area contributed by atoms with E-state index in [0.29, 0.717) is 17.2 Å². The van der Waals surface area contributed by atoms with Gasteiger partial charge >= 0.3 is 0 Å². The normalized spacial score (nSPS) is 9.94. The number of nitrogens with zero attached hydrogens (tertiary/aromatic N) is 1. The van der Waals surface area contributed by atoms with Gasteiger partial charge in [-0.3, -0.25) is 4.98 Å². The molecule has 0 aliphatic carbocycles. The summed E-state index contributed by atoms with van der Waals surface area (Å²) in [5.74, 6) is 1.88. The molecule has 0 saturated heterocycles. The van der Waals surface area contributed by atoms with Crippen molar-refractivity contribution >= 4 is 0 Å². The third-order valence-electron chi connectivity index (χ3n) is 2.68. The summed E-state index contributed by atoms with van der Waals surface area (Å²) in [4.78, 5) is 4.00. The minimum absolute atomic E-state index is 0.595. The fraction of sp³-hybridized carbons (Fsp3) is 0.214. The van der Waals surface area contributed by atoms with Crippen molar-refractivity contribution in [3.05, 3.63) is 36.7 Å². The first-order valence-electron chi connectivity index (χ1n) is 5.50. The van der Waals surface area contributed by atoms with Gasteiger partial charge in [0.15, 0.2) is 11.5 Å².